The maximum Gasteiger partial charge on any atom is 0.258 e. The Labute approximate surface area is 121 Å². The van der Waals surface area contributed by atoms with Crippen molar-refractivity contribution in [2.45, 2.75) is 13.3 Å². The lowest BCUT2D eigenvalue weighted by atomic mass is 10.1. The van der Waals surface area contributed by atoms with Crippen LogP contribution in [0.3, 0.4) is 0 Å². The van der Waals surface area contributed by atoms with Crippen LogP contribution >= 0.6 is 11.6 Å². The third-order valence-corrected chi connectivity index (χ3v) is 3.27. The molecule has 0 radical (unpaired) electrons. The molecule has 1 amide bonds. The molecule has 2 aromatic rings. The van der Waals surface area contributed by atoms with E-state index in [4.69, 9.17) is 17.3 Å². The molecule has 3 nitrogen and oxygen atoms in total. The average molecular weight is 293 g/mol. The first-order valence-electron chi connectivity index (χ1n) is 6.16. The van der Waals surface area contributed by atoms with Gasteiger partial charge in [-0.15, -0.1) is 0 Å². The largest absolute Gasteiger partial charge is 0.398 e. The maximum absolute atomic E-state index is 13.7. The summed E-state index contributed by atoms with van der Waals surface area (Å²) in [6.45, 7) is 1.99. The predicted molar refractivity (Wildman–Crippen MR) is 79.6 cm³/mol. The summed E-state index contributed by atoms with van der Waals surface area (Å²) >= 11 is 5.65. The highest BCUT2D eigenvalue weighted by Gasteiger charge is 2.14. The minimum absolute atomic E-state index is 0.0847. The Bertz CT molecular complexity index is 658. The summed E-state index contributed by atoms with van der Waals surface area (Å²) in [7, 11) is 0. The zero-order chi connectivity index (χ0) is 14.7. The van der Waals surface area contributed by atoms with Crippen LogP contribution < -0.4 is 11.1 Å². The molecular weight excluding hydrogens is 279 g/mol. The number of hydrogen-bond donors (Lipinski definition) is 2. The van der Waals surface area contributed by atoms with Crippen LogP contribution in [-0.4, -0.2) is 5.91 Å². The van der Waals surface area contributed by atoms with Crippen LogP contribution in [0, 0.1) is 5.82 Å². The Balaban J connectivity index is 2.24. The highest BCUT2D eigenvalue weighted by atomic mass is 35.5. The van der Waals surface area contributed by atoms with Gasteiger partial charge in [-0.1, -0.05) is 30.7 Å². The van der Waals surface area contributed by atoms with Crippen LogP contribution in [0.15, 0.2) is 36.4 Å². The predicted octanol–water partition coefficient (Wildman–Crippen LogP) is 3.88. The summed E-state index contributed by atoms with van der Waals surface area (Å²) < 4.78 is 13.7. The van der Waals surface area contributed by atoms with E-state index < -0.39 is 11.7 Å². The fraction of sp³-hybridized carbons (Fsp3) is 0.133. The molecule has 3 N–H and O–H groups in total. The van der Waals surface area contributed by atoms with E-state index in [0.29, 0.717) is 11.4 Å². The average Bonchev–Trinajstić information content (AvgIpc) is 2.42. The van der Waals surface area contributed by atoms with Crippen molar-refractivity contribution in [3.05, 3.63) is 58.4 Å². The van der Waals surface area contributed by atoms with Crippen molar-refractivity contribution in [1.29, 1.82) is 0 Å². The van der Waals surface area contributed by atoms with E-state index in [0.717, 1.165) is 12.0 Å². The van der Waals surface area contributed by atoms with E-state index in [-0.39, 0.29) is 10.6 Å². The molecule has 0 saturated carbocycles. The van der Waals surface area contributed by atoms with Crippen molar-refractivity contribution in [2.75, 3.05) is 11.1 Å². The molecule has 20 heavy (non-hydrogen) atoms. The molecule has 0 saturated heterocycles. The third kappa shape index (κ3) is 2.91. The van der Waals surface area contributed by atoms with E-state index in [2.05, 4.69) is 5.32 Å². The molecule has 0 unspecified atom stereocenters. The molecule has 0 aliphatic heterocycles. The second kappa shape index (κ2) is 5.92. The van der Waals surface area contributed by atoms with Crippen molar-refractivity contribution >= 4 is 28.9 Å². The van der Waals surface area contributed by atoms with Crippen LogP contribution in [0.25, 0.3) is 0 Å². The number of nitrogens with one attached hydrogen (secondary N) is 1. The number of anilines is 2. The highest BCUT2D eigenvalue weighted by Crippen LogP contribution is 2.21. The molecule has 0 aromatic heterocycles. The molecule has 0 aliphatic carbocycles. The van der Waals surface area contributed by atoms with Crippen LogP contribution in [0.5, 0.6) is 0 Å². The molecule has 0 spiro atoms. The molecule has 2 rings (SSSR count). The molecule has 0 heterocycles. The van der Waals surface area contributed by atoms with Gasteiger partial charge in [-0.25, -0.2) is 4.39 Å². The highest BCUT2D eigenvalue weighted by molar-refractivity contribution is 6.31. The van der Waals surface area contributed by atoms with Crippen LogP contribution in [0.4, 0.5) is 15.8 Å². The number of carbonyl (C=O) groups is 1. The van der Waals surface area contributed by atoms with Gasteiger partial charge in [0, 0.05) is 11.4 Å². The van der Waals surface area contributed by atoms with Crippen LogP contribution in [0.1, 0.15) is 22.8 Å². The molecule has 0 aliphatic rings. The summed E-state index contributed by atoms with van der Waals surface area (Å²) in [5.74, 6) is -1.29. The topological polar surface area (TPSA) is 55.1 Å². The smallest absolute Gasteiger partial charge is 0.258 e. The van der Waals surface area contributed by atoms with Gasteiger partial charge in [-0.2, -0.15) is 0 Å². The summed E-state index contributed by atoms with van der Waals surface area (Å²) in [6.07, 6.45) is 0.809. The second-order valence-electron chi connectivity index (χ2n) is 4.32. The van der Waals surface area contributed by atoms with Gasteiger partial charge in [0.1, 0.15) is 0 Å². The molecular formula is C15H14ClFN2O. The fourth-order valence-corrected chi connectivity index (χ4v) is 2.05. The molecule has 0 bridgehead atoms. The van der Waals surface area contributed by atoms with Crippen LogP contribution in [-0.2, 0) is 6.42 Å². The van der Waals surface area contributed by atoms with E-state index >= 15 is 0 Å². The first-order valence-corrected chi connectivity index (χ1v) is 6.54. The van der Waals surface area contributed by atoms with Gasteiger partial charge in [-0.3, -0.25) is 4.79 Å². The Morgan fingerprint density at radius 3 is 2.75 bits per heavy atom. The molecule has 0 atom stereocenters. The second-order valence-corrected chi connectivity index (χ2v) is 4.73. The fourth-order valence-electron chi connectivity index (χ4n) is 1.87. The number of hydrogen-bond acceptors (Lipinski definition) is 2. The number of benzene rings is 2. The Hall–Kier alpha value is -2.07. The standard InChI is InChI=1S/C15H14ClFN2O/c1-2-9-6-7-10(8-13(9)18)19-15(20)11-4-3-5-12(16)14(11)17/h3-8H,2,18H2,1H3,(H,19,20). The van der Waals surface area contributed by atoms with Gasteiger partial charge in [-0.05, 0) is 36.2 Å². The normalized spacial score (nSPS) is 10.3. The van der Waals surface area contributed by atoms with Gasteiger partial charge in [0.25, 0.3) is 5.91 Å². The quantitative estimate of drug-likeness (QED) is 0.844. The lowest BCUT2D eigenvalue weighted by molar-refractivity contribution is 0.102. The van der Waals surface area contributed by atoms with Crippen molar-refractivity contribution in [2.24, 2.45) is 0 Å². The van der Waals surface area contributed by atoms with E-state index in [9.17, 15) is 9.18 Å². The first kappa shape index (κ1) is 14.3. The number of halogens is 2. The number of nitrogens with two attached hydrogens (primary N) is 1. The van der Waals surface area contributed by atoms with Gasteiger partial charge in [0.2, 0.25) is 0 Å². The van der Waals surface area contributed by atoms with Crippen molar-refractivity contribution in [3.8, 4) is 0 Å². The van der Waals surface area contributed by atoms with Gasteiger partial charge in [0.15, 0.2) is 5.82 Å². The van der Waals surface area contributed by atoms with E-state index in [1.165, 1.54) is 18.2 Å². The molecule has 104 valence electrons. The summed E-state index contributed by atoms with van der Waals surface area (Å²) in [5.41, 5.74) is 7.86. The number of nitrogen functional groups attached to an aromatic ring is 1. The Morgan fingerprint density at radius 1 is 1.35 bits per heavy atom. The van der Waals surface area contributed by atoms with Gasteiger partial charge < -0.3 is 11.1 Å². The Kier molecular flexibility index (Phi) is 4.25. The molecule has 0 fully saturated rings. The number of carbonyl (C=O) groups excluding carboxylic acids is 1. The number of aryl methyl sites for hydroxylation is 1. The number of rotatable bonds is 3. The minimum atomic E-state index is -0.732. The van der Waals surface area contributed by atoms with Crippen molar-refractivity contribution < 1.29 is 9.18 Å². The van der Waals surface area contributed by atoms with E-state index in [1.807, 2.05) is 13.0 Å². The Morgan fingerprint density at radius 2 is 2.10 bits per heavy atom. The van der Waals surface area contributed by atoms with Crippen molar-refractivity contribution in [3.63, 3.8) is 0 Å². The SMILES string of the molecule is CCc1ccc(NC(=O)c2cccc(Cl)c2F)cc1N. The van der Waals surface area contributed by atoms with E-state index in [1.54, 1.807) is 12.1 Å². The summed E-state index contributed by atoms with van der Waals surface area (Å²) in [4.78, 5) is 12.0. The van der Waals surface area contributed by atoms with Gasteiger partial charge in [0.05, 0.1) is 10.6 Å². The minimum Gasteiger partial charge on any atom is -0.398 e. The van der Waals surface area contributed by atoms with Crippen LogP contribution in [0.2, 0.25) is 5.02 Å². The van der Waals surface area contributed by atoms with Crippen molar-refractivity contribution in [1.82, 2.24) is 0 Å². The lowest BCUT2D eigenvalue weighted by Crippen LogP contribution is -2.14. The summed E-state index contributed by atoms with van der Waals surface area (Å²) in [5, 5.41) is 2.52. The first-order chi connectivity index (χ1) is 9.52. The summed E-state index contributed by atoms with van der Waals surface area (Å²) in [6, 6.07) is 9.50. The molecule has 5 heteroatoms. The zero-order valence-corrected chi connectivity index (χ0v) is 11.7. The third-order valence-electron chi connectivity index (χ3n) is 2.98. The zero-order valence-electron chi connectivity index (χ0n) is 10.9. The maximum atomic E-state index is 13.7. The van der Waals surface area contributed by atoms with Gasteiger partial charge >= 0.3 is 0 Å². The lowest BCUT2D eigenvalue weighted by Gasteiger charge is -2.09. The number of amides is 1. The molecule has 2 aromatic carbocycles. The monoisotopic (exact) mass is 292 g/mol.